The van der Waals surface area contributed by atoms with Gasteiger partial charge in [0.15, 0.2) is 0 Å². The fourth-order valence-corrected chi connectivity index (χ4v) is 2.34. The molecule has 0 amide bonds. The van der Waals surface area contributed by atoms with Crippen LogP contribution in [0.4, 0.5) is 0 Å². The predicted octanol–water partition coefficient (Wildman–Crippen LogP) is -0.253. The minimum absolute atomic E-state index is 0. The first-order chi connectivity index (χ1) is 8.93. The van der Waals surface area contributed by atoms with Gasteiger partial charge in [0, 0.05) is 48.8 Å². The van der Waals surface area contributed by atoms with Crippen molar-refractivity contribution in [2.24, 2.45) is 0 Å². The van der Waals surface area contributed by atoms with E-state index in [1.165, 1.54) is 7.06 Å². The number of benzene rings is 1. The van der Waals surface area contributed by atoms with Gasteiger partial charge in [0.1, 0.15) is 5.82 Å². The van der Waals surface area contributed by atoms with E-state index in [4.69, 9.17) is 28.1 Å². The second-order valence-electron chi connectivity index (χ2n) is 4.57. The first kappa shape index (κ1) is 17.6. The minimum Gasteiger partial charge on any atom is -0.740 e. The van der Waals surface area contributed by atoms with Gasteiger partial charge in [-0.15, -0.1) is 0 Å². The average Bonchev–Trinajstić information content (AvgIpc) is 2.69. The molecule has 1 aromatic heterocycles. The summed E-state index contributed by atoms with van der Waals surface area (Å²) in [6, 6.07) is 4.03. The van der Waals surface area contributed by atoms with Crippen molar-refractivity contribution in [3.05, 3.63) is 29.1 Å². The van der Waals surface area contributed by atoms with Gasteiger partial charge in [0.25, 0.3) is 0 Å². The summed E-state index contributed by atoms with van der Waals surface area (Å²) in [4.78, 5) is 4.15. The Morgan fingerprint density at radius 3 is 2.40 bits per heavy atom. The maximum Gasteiger partial charge on any atom is 0.146 e. The summed E-state index contributed by atoms with van der Waals surface area (Å²) in [7, 11) is 12.9. The zero-order valence-electron chi connectivity index (χ0n) is 11.6. The van der Waals surface area contributed by atoms with E-state index >= 15 is 0 Å². The molecule has 0 spiro atoms. The van der Waals surface area contributed by atoms with E-state index in [1.807, 2.05) is 32.9 Å². The van der Waals surface area contributed by atoms with Crippen molar-refractivity contribution in [2.75, 3.05) is 0 Å². The zero-order chi connectivity index (χ0) is 14.2. The number of aryl methyl sites for hydroxylation is 3. The molecule has 0 saturated carbocycles. The molecule has 3 nitrogen and oxygen atoms in total. The van der Waals surface area contributed by atoms with Crippen LogP contribution in [-0.2, 0) is 33.7 Å². The molecule has 5 radical (unpaired) electrons. The van der Waals surface area contributed by atoms with Crippen molar-refractivity contribution in [3.8, 4) is 5.69 Å². The van der Waals surface area contributed by atoms with Gasteiger partial charge in [0.05, 0.1) is 12.2 Å². The summed E-state index contributed by atoms with van der Waals surface area (Å²) >= 11 is 5.20. The van der Waals surface area contributed by atoms with E-state index in [2.05, 4.69) is 10.1 Å². The summed E-state index contributed by atoms with van der Waals surface area (Å²) < 4.78 is 1.68. The Labute approximate surface area is 143 Å². The molecular weight excluding hydrogens is 433 g/mol. The Bertz CT molecular complexity index is 620. The van der Waals surface area contributed by atoms with E-state index in [0.717, 1.165) is 22.3 Å². The largest absolute Gasteiger partial charge is 0.740 e. The number of hydrogen-bond acceptors (Lipinski definition) is 3. The van der Waals surface area contributed by atoms with Crippen molar-refractivity contribution < 1.29 is 21.1 Å². The zero-order valence-corrected chi connectivity index (χ0v) is 15.4. The first-order valence-corrected chi connectivity index (χ1v) is 6.37. The standard InChI is InChI=1S/C11H12B4N3S.W/c1-6-5-10(18-11(19)16-8(3)17-18)7(2)4-9(6)15(13)14-12;/h4-5H,1-3H3,(H,16,17,19);/p-1. The average molecular weight is 444 g/mol. The Morgan fingerprint density at radius 1 is 1.25 bits per heavy atom. The number of rotatable bonds is 3. The fourth-order valence-electron chi connectivity index (χ4n) is 2.07. The van der Waals surface area contributed by atoms with Crippen LogP contribution < -0.4 is 5.46 Å². The van der Waals surface area contributed by atoms with E-state index in [0.29, 0.717) is 11.0 Å². The molecule has 1 heterocycles. The molecule has 0 fully saturated rings. The van der Waals surface area contributed by atoms with Gasteiger partial charge in [0.2, 0.25) is 0 Å². The van der Waals surface area contributed by atoms with Gasteiger partial charge in [-0.2, -0.15) is 5.10 Å². The summed E-state index contributed by atoms with van der Waals surface area (Å²) in [5.74, 6) is 0.665. The topological polar surface area (TPSA) is 30.7 Å². The van der Waals surface area contributed by atoms with Crippen molar-refractivity contribution >= 4 is 47.1 Å². The van der Waals surface area contributed by atoms with Gasteiger partial charge < -0.3 is 12.6 Å². The Balaban J connectivity index is 0.00000200. The second kappa shape index (κ2) is 6.99. The van der Waals surface area contributed by atoms with Crippen LogP contribution in [0.15, 0.2) is 17.3 Å². The molecular formula is C11H11B4N3SW-. The third-order valence-corrected chi connectivity index (χ3v) is 3.33. The van der Waals surface area contributed by atoms with Crippen molar-refractivity contribution in [2.45, 2.75) is 25.9 Å². The normalized spacial score (nSPS) is 9.95. The summed E-state index contributed by atoms with van der Waals surface area (Å²) in [5.41, 5.74) is 4.02. The molecule has 0 bridgehead atoms. The predicted molar refractivity (Wildman–Crippen MR) is 83.9 cm³/mol. The third-order valence-electron chi connectivity index (χ3n) is 3.06. The van der Waals surface area contributed by atoms with E-state index in [9.17, 15) is 0 Å². The molecule has 0 N–H and O–H groups in total. The van der Waals surface area contributed by atoms with Crippen molar-refractivity contribution in [1.29, 1.82) is 0 Å². The van der Waals surface area contributed by atoms with Crippen molar-refractivity contribution in [3.63, 3.8) is 0 Å². The molecule has 0 unspecified atom stereocenters. The molecule has 0 atom stereocenters. The third kappa shape index (κ3) is 3.40. The number of nitrogens with zero attached hydrogens (tertiary/aromatic N) is 3. The van der Waals surface area contributed by atoms with Gasteiger partial charge in [-0.3, -0.25) is 0 Å². The molecule has 0 aliphatic carbocycles. The van der Waals surface area contributed by atoms with Crippen LogP contribution in [0.25, 0.3) is 5.69 Å². The molecule has 0 aliphatic rings. The van der Waals surface area contributed by atoms with Gasteiger partial charge in [-0.05, 0) is 32.4 Å². The molecule has 1 aromatic carbocycles. The molecule has 2 rings (SSSR count). The van der Waals surface area contributed by atoms with Crippen molar-refractivity contribution in [1.82, 2.24) is 14.8 Å². The van der Waals surface area contributed by atoms with E-state index in [1.54, 1.807) is 4.68 Å². The van der Waals surface area contributed by atoms with Crippen LogP contribution in [0.5, 0.6) is 0 Å². The second-order valence-corrected chi connectivity index (χ2v) is 4.93. The quantitative estimate of drug-likeness (QED) is 0.483. The van der Waals surface area contributed by atoms with Crippen LogP contribution >= 0.6 is 0 Å². The van der Waals surface area contributed by atoms with Gasteiger partial charge >= 0.3 is 0 Å². The smallest absolute Gasteiger partial charge is 0.146 e. The van der Waals surface area contributed by atoms with Crippen LogP contribution in [0.1, 0.15) is 17.0 Å². The summed E-state index contributed by atoms with van der Waals surface area (Å²) in [5, 5.41) is 4.78. The first-order valence-electron chi connectivity index (χ1n) is 5.97. The maximum atomic E-state index is 5.95. The van der Waals surface area contributed by atoms with Crippen LogP contribution in [0, 0.1) is 20.8 Å². The molecule has 0 aliphatic heterocycles. The Hall–Kier alpha value is -0.472. The van der Waals surface area contributed by atoms with Crippen LogP contribution in [-0.4, -0.2) is 43.8 Å². The summed E-state index contributed by atoms with van der Waals surface area (Å²) in [6.07, 6.45) is 0. The van der Waals surface area contributed by atoms with Gasteiger partial charge in [-0.1, -0.05) is 17.1 Å². The molecule has 95 valence electrons. The summed E-state index contributed by atoms with van der Waals surface area (Å²) in [6.45, 7) is 5.54. The fraction of sp³-hybridized carbons (Fsp3) is 0.273. The monoisotopic (exact) mass is 445 g/mol. The molecule has 0 saturated heterocycles. The molecule has 9 heteroatoms. The number of aromatic nitrogens is 3. The minimum atomic E-state index is -0.270. The Morgan fingerprint density at radius 2 is 1.90 bits per heavy atom. The van der Waals surface area contributed by atoms with E-state index < -0.39 is 0 Å². The van der Waals surface area contributed by atoms with Crippen LogP contribution in [0.3, 0.4) is 0 Å². The van der Waals surface area contributed by atoms with Crippen LogP contribution in [0.2, 0.25) is 0 Å². The Kier molecular flexibility index (Phi) is 6.15. The van der Waals surface area contributed by atoms with E-state index in [-0.39, 0.29) is 27.6 Å². The molecule has 2 aromatic rings. The SMILES string of the molecule is [B][B]B([B])c1cc(C)c(-n2nc(C)nc2[S-])cc1C.[W]. The maximum absolute atomic E-state index is 5.95. The number of hydrogen-bond donors (Lipinski definition) is 0. The molecule has 20 heavy (non-hydrogen) atoms. The van der Waals surface area contributed by atoms with Gasteiger partial charge in [-0.25, -0.2) is 9.67 Å².